The molecule has 4 aromatic rings. The average Bonchev–Trinajstić information content (AvgIpc) is 3.24. The third kappa shape index (κ3) is 3.91. The van der Waals surface area contributed by atoms with Gasteiger partial charge in [0.05, 0.1) is 11.9 Å². The second-order valence-corrected chi connectivity index (χ2v) is 9.23. The molecule has 0 saturated carbocycles. The Labute approximate surface area is 196 Å². The molecule has 1 saturated heterocycles. The molecular weight excluding hydrogens is 441 g/mol. The van der Waals surface area contributed by atoms with Gasteiger partial charge in [0.15, 0.2) is 0 Å². The van der Waals surface area contributed by atoms with E-state index in [1.807, 2.05) is 30.2 Å². The minimum Gasteiger partial charge on any atom is -0.370 e. The monoisotopic (exact) mass is 465 g/mol. The first-order valence-electron chi connectivity index (χ1n) is 11.0. The summed E-state index contributed by atoms with van der Waals surface area (Å²) in [6, 6.07) is 6.53. The number of halogens is 2. The van der Waals surface area contributed by atoms with Crippen LogP contribution in [-0.2, 0) is 7.05 Å². The number of rotatable bonds is 3. The molecule has 1 aromatic carbocycles. The molecule has 170 valence electrons. The maximum atomic E-state index is 15.0. The Morgan fingerprint density at radius 1 is 1.15 bits per heavy atom. The Kier molecular flexibility index (Phi) is 5.44. The van der Waals surface area contributed by atoms with Gasteiger partial charge in [0.1, 0.15) is 11.5 Å². The average molecular weight is 466 g/mol. The number of aromatic nitrogens is 4. The fourth-order valence-corrected chi connectivity index (χ4v) is 4.79. The van der Waals surface area contributed by atoms with Crippen molar-refractivity contribution in [3.05, 3.63) is 80.9 Å². The van der Waals surface area contributed by atoms with Gasteiger partial charge in [0, 0.05) is 65.9 Å². The van der Waals surface area contributed by atoms with Gasteiger partial charge in [-0.15, -0.1) is 0 Å². The van der Waals surface area contributed by atoms with Crippen molar-refractivity contribution in [1.82, 2.24) is 19.2 Å². The van der Waals surface area contributed by atoms with Crippen molar-refractivity contribution in [2.45, 2.75) is 32.6 Å². The highest BCUT2D eigenvalue weighted by Gasteiger charge is 2.24. The molecule has 0 amide bonds. The molecule has 3 aromatic heterocycles. The molecule has 0 radical (unpaired) electrons. The topological polar surface area (TPSA) is 55.4 Å². The van der Waals surface area contributed by atoms with Crippen LogP contribution in [0.3, 0.4) is 0 Å². The van der Waals surface area contributed by atoms with Crippen LogP contribution in [0, 0.1) is 19.7 Å². The van der Waals surface area contributed by atoms with E-state index in [1.165, 1.54) is 11.6 Å². The normalized spacial score (nSPS) is 16.5. The molecule has 1 fully saturated rings. The summed E-state index contributed by atoms with van der Waals surface area (Å²) in [7, 11) is 1.92. The van der Waals surface area contributed by atoms with Crippen LogP contribution in [0.2, 0.25) is 5.02 Å². The van der Waals surface area contributed by atoms with Crippen molar-refractivity contribution in [3.63, 3.8) is 0 Å². The molecule has 0 N–H and O–H groups in total. The van der Waals surface area contributed by atoms with Gasteiger partial charge in [0.25, 0.3) is 5.56 Å². The zero-order chi connectivity index (χ0) is 23.3. The van der Waals surface area contributed by atoms with E-state index in [1.54, 1.807) is 30.4 Å². The van der Waals surface area contributed by atoms with Crippen molar-refractivity contribution in [2.75, 3.05) is 18.0 Å². The SMILES string of the molecule is Cc1nc2c(-c3ccc(Cl)cc3F)cc(N3CCC[C@@H](c4cnn(C)c4)C3)cn2c(=O)c1C. The van der Waals surface area contributed by atoms with Crippen molar-refractivity contribution in [2.24, 2.45) is 7.05 Å². The highest BCUT2D eigenvalue weighted by molar-refractivity contribution is 6.30. The number of hydrogen-bond donors (Lipinski definition) is 0. The summed E-state index contributed by atoms with van der Waals surface area (Å²) in [5.41, 5.74) is 4.53. The van der Waals surface area contributed by atoms with E-state index in [0.29, 0.717) is 39.0 Å². The molecule has 6 nitrogen and oxygen atoms in total. The Morgan fingerprint density at radius 2 is 1.97 bits per heavy atom. The summed E-state index contributed by atoms with van der Waals surface area (Å²) in [6.07, 6.45) is 7.91. The Bertz CT molecular complexity index is 1430. The minimum atomic E-state index is -0.444. The van der Waals surface area contributed by atoms with Gasteiger partial charge in [-0.25, -0.2) is 9.37 Å². The van der Waals surface area contributed by atoms with Crippen LogP contribution < -0.4 is 10.5 Å². The Hall–Kier alpha value is -3.19. The van der Waals surface area contributed by atoms with E-state index < -0.39 is 5.82 Å². The Morgan fingerprint density at radius 3 is 2.70 bits per heavy atom. The fraction of sp³-hybridized carbons (Fsp3) is 0.320. The van der Waals surface area contributed by atoms with Crippen LogP contribution in [0.1, 0.15) is 35.6 Å². The van der Waals surface area contributed by atoms with Crippen LogP contribution in [0.5, 0.6) is 0 Å². The van der Waals surface area contributed by atoms with Gasteiger partial charge in [-0.1, -0.05) is 11.6 Å². The first-order valence-corrected chi connectivity index (χ1v) is 11.4. The molecule has 0 spiro atoms. The maximum Gasteiger partial charge on any atom is 0.261 e. The number of anilines is 1. The van der Waals surface area contributed by atoms with Crippen molar-refractivity contribution >= 4 is 22.9 Å². The van der Waals surface area contributed by atoms with E-state index in [2.05, 4.69) is 21.2 Å². The largest absolute Gasteiger partial charge is 0.370 e. The van der Waals surface area contributed by atoms with Crippen LogP contribution in [0.25, 0.3) is 16.8 Å². The van der Waals surface area contributed by atoms with Gasteiger partial charge < -0.3 is 4.90 Å². The molecule has 8 heteroatoms. The molecule has 5 rings (SSSR count). The van der Waals surface area contributed by atoms with E-state index in [0.717, 1.165) is 31.6 Å². The van der Waals surface area contributed by atoms with Crippen LogP contribution in [0.4, 0.5) is 10.1 Å². The molecular formula is C25H25ClFN5O. The number of hydrogen-bond acceptors (Lipinski definition) is 4. The van der Waals surface area contributed by atoms with E-state index in [4.69, 9.17) is 11.6 Å². The molecule has 4 heterocycles. The lowest BCUT2D eigenvalue weighted by Crippen LogP contribution is -2.35. The number of pyridine rings is 1. The molecule has 1 aliphatic heterocycles. The fourth-order valence-electron chi connectivity index (χ4n) is 4.63. The molecule has 1 aliphatic rings. The van der Waals surface area contributed by atoms with E-state index >= 15 is 0 Å². The van der Waals surface area contributed by atoms with Gasteiger partial charge in [-0.2, -0.15) is 5.10 Å². The summed E-state index contributed by atoms with van der Waals surface area (Å²) in [6.45, 7) is 5.23. The van der Waals surface area contributed by atoms with Crippen molar-refractivity contribution < 1.29 is 4.39 Å². The van der Waals surface area contributed by atoms with Gasteiger partial charge in [-0.05, 0) is 56.5 Å². The summed E-state index contributed by atoms with van der Waals surface area (Å²) in [5.74, 6) is -0.102. The summed E-state index contributed by atoms with van der Waals surface area (Å²) >= 11 is 6.00. The molecule has 1 atom stereocenters. The number of benzene rings is 1. The maximum absolute atomic E-state index is 15.0. The van der Waals surface area contributed by atoms with Crippen LogP contribution >= 0.6 is 11.6 Å². The van der Waals surface area contributed by atoms with Crippen molar-refractivity contribution in [1.29, 1.82) is 0 Å². The first kappa shape index (κ1) is 21.6. The summed E-state index contributed by atoms with van der Waals surface area (Å²) in [4.78, 5) is 20.1. The number of aryl methyl sites for hydroxylation is 2. The van der Waals surface area contributed by atoms with Gasteiger partial charge in [-0.3, -0.25) is 13.9 Å². The predicted octanol–water partition coefficient (Wildman–Crippen LogP) is 4.89. The smallest absolute Gasteiger partial charge is 0.261 e. The zero-order valence-corrected chi connectivity index (χ0v) is 19.6. The van der Waals surface area contributed by atoms with Crippen molar-refractivity contribution in [3.8, 4) is 11.1 Å². The molecule has 33 heavy (non-hydrogen) atoms. The van der Waals surface area contributed by atoms with Crippen LogP contribution in [-0.4, -0.2) is 32.3 Å². The number of fused-ring (bicyclic) bond motifs is 1. The second kappa shape index (κ2) is 8.30. The quantitative estimate of drug-likeness (QED) is 0.432. The predicted molar refractivity (Wildman–Crippen MR) is 129 cm³/mol. The first-order chi connectivity index (χ1) is 15.8. The lowest BCUT2D eigenvalue weighted by atomic mass is 9.92. The second-order valence-electron chi connectivity index (χ2n) is 8.79. The highest BCUT2D eigenvalue weighted by Crippen LogP contribution is 2.34. The summed E-state index contributed by atoms with van der Waals surface area (Å²) < 4.78 is 18.4. The third-order valence-corrected chi connectivity index (χ3v) is 6.82. The van der Waals surface area contributed by atoms with Crippen LogP contribution in [0.15, 0.2) is 47.7 Å². The minimum absolute atomic E-state index is 0.143. The van der Waals surface area contributed by atoms with Gasteiger partial charge in [0.2, 0.25) is 0 Å². The number of nitrogens with zero attached hydrogens (tertiary/aromatic N) is 5. The molecule has 0 bridgehead atoms. The van der Waals surface area contributed by atoms with E-state index in [-0.39, 0.29) is 5.56 Å². The Balaban J connectivity index is 1.67. The lowest BCUT2D eigenvalue weighted by Gasteiger charge is -2.34. The summed E-state index contributed by atoms with van der Waals surface area (Å²) in [5, 5.41) is 4.65. The standard InChI is InChI=1S/C25H25ClFN5O/c1-15-16(2)29-24-22(21-7-6-19(26)9-23(21)27)10-20(14-32(24)25(15)33)31-8-4-5-17(13-31)18-11-28-30(3)12-18/h6-7,9-12,14,17H,4-5,8,13H2,1-3H3/t17-/m1/s1. The number of piperidine rings is 1. The lowest BCUT2D eigenvalue weighted by molar-refractivity contribution is 0.509. The zero-order valence-electron chi connectivity index (χ0n) is 18.8. The van der Waals surface area contributed by atoms with Gasteiger partial charge >= 0.3 is 0 Å². The van der Waals surface area contributed by atoms with E-state index in [9.17, 15) is 9.18 Å². The highest BCUT2D eigenvalue weighted by atomic mass is 35.5. The third-order valence-electron chi connectivity index (χ3n) is 6.58. The molecule has 0 unspecified atom stereocenters. The molecule has 0 aliphatic carbocycles.